The third kappa shape index (κ3) is 4.65. The van der Waals surface area contributed by atoms with Crippen molar-refractivity contribution < 1.29 is 27.4 Å². The average molecular weight is 682 g/mol. The first-order valence-corrected chi connectivity index (χ1v) is 16.5. The topological polar surface area (TPSA) is 134 Å². The largest absolute Gasteiger partial charge is 0.489 e. The number of rotatable bonds is 5. The van der Waals surface area contributed by atoms with Crippen molar-refractivity contribution in [2.24, 2.45) is 0 Å². The molecule has 2 N–H and O–H groups in total. The van der Waals surface area contributed by atoms with Crippen molar-refractivity contribution in [1.29, 1.82) is 10.5 Å². The maximum atomic E-state index is 17.1. The number of nitrogens with two attached hydrogens (primary N) is 1. The predicted molar refractivity (Wildman–Crippen MR) is 170 cm³/mol. The number of aromatic nitrogens is 2. The van der Waals surface area contributed by atoms with Gasteiger partial charge >= 0.3 is 6.01 Å². The molecule has 0 bridgehead atoms. The summed E-state index contributed by atoms with van der Waals surface area (Å²) in [5, 5.41) is 19.6. The van der Waals surface area contributed by atoms with E-state index in [1.165, 1.54) is 12.1 Å². The minimum Gasteiger partial charge on any atom is -0.489 e. The third-order valence-corrected chi connectivity index (χ3v) is 11.1. The van der Waals surface area contributed by atoms with Crippen LogP contribution in [-0.2, 0) is 4.74 Å². The molecule has 10 nitrogen and oxygen atoms in total. The molecule has 0 spiro atoms. The van der Waals surface area contributed by atoms with Gasteiger partial charge in [-0.2, -0.15) is 20.5 Å². The molecule has 2 unspecified atom stereocenters. The molecule has 0 aliphatic carbocycles. The Morgan fingerprint density at radius 2 is 2.04 bits per heavy atom. The first-order valence-electron chi connectivity index (χ1n) is 15.3. The molecule has 3 fully saturated rings. The molecule has 2 aromatic carbocycles. The number of alkyl halides is 1. The van der Waals surface area contributed by atoms with Crippen LogP contribution in [0.3, 0.4) is 0 Å². The van der Waals surface area contributed by atoms with Gasteiger partial charge < -0.3 is 24.8 Å². The van der Waals surface area contributed by atoms with Gasteiger partial charge in [-0.15, -0.1) is 11.3 Å². The van der Waals surface area contributed by atoms with Gasteiger partial charge in [-0.05, 0) is 31.0 Å². The Morgan fingerprint density at radius 1 is 1.19 bits per heavy atom. The quantitative estimate of drug-likeness (QED) is 0.278. The van der Waals surface area contributed by atoms with E-state index in [-0.39, 0.29) is 98.3 Å². The zero-order chi connectivity index (χ0) is 32.6. The molecule has 242 valence electrons. The maximum Gasteiger partial charge on any atom is 0.319 e. The number of fused-ring (bicyclic) bond motifs is 4. The van der Waals surface area contributed by atoms with Crippen LogP contribution in [0.5, 0.6) is 11.8 Å². The summed E-state index contributed by atoms with van der Waals surface area (Å²) in [6.45, 7) is 1.80. The highest BCUT2D eigenvalue weighted by Gasteiger charge is 2.49. The van der Waals surface area contributed by atoms with Crippen molar-refractivity contribution in [2.45, 2.75) is 49.5 Å². The molecule has 4 aliphatic rings. The molecule has 4 aliphatic heterocycles. The van der Waals surface area contributed by atoms with Crippen LogP contribution in [-0.4, -0.2) is 78.2 Å². The Morgan fingerprint density at radius 3 is 2.85 bits per heavy atom. The van der Waals surface area contributed by atoms with E-state index in [1.807, 2.05) is 11.0 Å². The zero-order valence-corrected chi connectivity index (χ0v) is 26.4. The van der Waals surface area contributed by atoms with E-state index >= 15 is 4.39 Å². The smallest absolute Gasteiger partial charge is 0.319 e. The SMILES string of the molecule is N#CCC1CN2c3nc(OC[C@@]45CCCN4C[C@H](F)C5)nc4c(F)c(-c5ccc(F)c6sc(N)c(C#N)c56)c(Cl)c(c34)OCC2CO1. The number of hydrogen-bond acceptors (Lipinski definition) is 11. The second kappa shape index (κ2) is 11.3. The van der Waals surface area contributed by atoms with Crippen molar-refractivity contribution >= 4 is 54.7 Å². The number of anilines is 2. The first-order chi connectivity index (χ1) is 22.7. The Labute approximate surface area is 276 Å². The van der Waals surface area contributed by atoms with Crippen molar-refractivity contribution in [3.63, 3.8) is 0 Å². The molecular formula is C32H27ClF3N7O3S. The number of nitriles is 2. The summed E-state index contributed by atoms with van der Waals surface area (Å²) in [6.07, 6.45) is 0.734. The van der Waals surface area contributed by atoms with Crippen molar-refractivity contribution in [2.75, 3.05) is 50.1 Å². The number of hydrogen-bond donors (Lipinski definition) is 1. The first kappa shape index (κ1) is 30.3. The van der Waals surface area contributed by atoms with Crippen LogP contribution in [0.1, 0.15) is 31.2 Å². The lowest BCUT2D eigenvalue weighted by atomic mass is 9.95. The fourth-order valence-corrected chi connectivity index (χ4v) is 8.88. The lowest BCUT2D eigenvalue weighted by molar-refractivity contribution is 0.0133. The summed E-state index contributed by atoms with van der Waals surface area (Å²) in [5.41, 5.74) is 5.44. The average Bonchev–Trinajstić information content (AvgIpc) is 3.66. The van der Waals surface area contributed by atoms with Crippen LogP contribution in [0.15, 0.2) is 12.1 Å². The summed E-state index contributed by atoms with van der Waals surface area (Å²) >= 11 is 7.89. The highest BCUT2D eigenvalue weighted by atomic mass is 35.5. The molecule has 0 amide bonds. The fraction of sp³-hybridized carbons (Fsp3) is 0.438. The van der Waals surface area contributed by atoms with Crippen LogP contribution < -0.4 is 20.1 Å². The van der Waals surface area contributed by atoms with Crippen molar-refractivity contribution in [1.82, 2.24) is 14.9 Å². The zero-order valence-electron chi connectivity index (χ0n) is 24.9. The Hall–Kier alpha value is -4.08. The number of ether oxygens (including phenoxy) is 3. The number of benzene rings is 2. The standard InChI is InChI=1S/C32H27ClF3N7O3S/c33-24-22(18-2-3-20(35)28-21(18)19(9-38)29(39)47-28)25(36)26-23-27(24)45-13-16-12-44-17(4-6-37)11-43(16)30(23)41-31(40-26)46-14-32-5-1-7-42(32)10-15(34)8-32/h2-3,15-17H,1,4-5,7-8,10-14,39H2/t15-,16?,17?,32+/m1/s1. The minimum absolute atomic E-state index is 0.00941. The molecule has 3 saturated heterocycles. The monoisotopic (exact) mass is 681 g/mol. The molecule has 0 radical (unpaired) electrons. The van der Waals surface area contributed by atoms with Crippen LogP contribution in [0, 0.1) is 34.3 Å². The van der Waals surface area contributed by atoms with E-state index in [0.717, 1.165) is 30.7 Å². The van der Waals surface area contributed by atoms with Gasteiger partial charge in [-0.3, -0.25) is 4.90 Å². The molecule has 47 heavy (non-hydrogen) atoms. The molecule has 8 rings (SSSR count). The summed E-state index contributed by atoms with van der Waals surface area (Å²) in [4.78, 5) is 13.3. The van der Waals surface area contributed by atoms with Gasteiger partial charge in [-0.1, -0.05) is 17.7 Å². The van der Waals surface area contributed by atoms with Crippen LogP contribution in [0.4, 0.5) is 24.0 Å². The third-order valence-electron chi connectivity index (χ3n) is 9.75. The molecule has 0 saturated carbocycles. The summed E-state index contributed by atoms with van der Waals surface area (Å²) in [5.74, 6) is -1.04. The van der Waals surface area contributed by atoms with Gasteiger partial charge in [0.1, 0.15) is 47.6 Å². The highest BCUT2D eigenvalue weighted by molar-refractivity contribution is 7.23. The molecule has 2 aromatic heterocycles. The van der Waals surface area contributed by atoms with E-state index in [9.17, 15) is 19.3 Å². The second-order valence-electron chi connectivity index (χ2n) is 12.4. The van der Waals surface area contributed by atoms with E-state index < -0.39 is 29.4 Å². The van der Waals surface area contributed by atoms with E-state index in [4.69, 9.17) is 36.5 Å². The number of halogens is 4. The second-order valence-corrected chi connectivity index (χ2v) is 13.9. The molecule has 4 atom stereocenters. The van der Waals surface area contributed by atoms with E-state index in [0.29, 0.717) is 18.8 Å². The van der Waals surface area contributed by atoms with Crippen molar-refractivity contribution in [3.05, 3.63) is 34.4 Å². The number of thiophene rings is 1. The lowest BCUT2D eigenvalue weighted by Gasteiger charge is -2.38. The van der Waals surface area contributed by atoms with Crippen LogP contribution in [0.25, 0.3) is 32.1 Å². The Bertz CT molecular complexity index is 2050. The van der Waals surface area contributed by atoms with Gasteiger partial charge in [-0.25, -0.2) is 13.2 Å². The van der Waals surface area contributed by atoms with Gasteiger partial charge in [0, 0.05) is 30.5 Å². The highest BCUT2D eigenvalue weighted by Crippen LogP contribution is 2.51. The number of nitrogens with zero attached hydrogens (tertiary/aromatic N) is 6. The summed E-state index contributed by atoms with van der Waals surface area (Å²) < 4.78 is 65.1. The molecule has 15 heteroatoms. The number of nitrogen functional groups attached to an aromatic ring is 1. The van der Waals surface area contributed by atoms with Gasteiger partial charge in [0.15, 0.2) is 11.6 Å². The maximum absolute atomic E-state index is 17.1. The van der Waals surface area contributed by atoms with Crippen LogP contribution in [0.2, 0.25) is 5.02 Å². The lowest BCUT2D eigenvalue weighted by Crippen LogP contribution is -2.52. The molecular weight excluding hydrogens is 655 g/mol. The molecule has 4 aromatic rings. The Kier molecular flexibility index (Phi) is 7.26. The summed E-state index contributed by atoms with van der Waals surface area (Å²) in [7, 11) is 0. The Balaban J connectivity index is 1.34. The van der Waals surface area contributed by atoms with Gasteiger partial charge in [0.2, 0.25) is 0 Å². The minimum atomic E-state index is -0.967. The van der Waals surface area contributed by atoms with Gasteiger partial charge in [0.25, 0.3) is 0 Å². The van der Waals surface area contributed by atoms with E-state index in [2.05, 4.69) is 16.0 Å². The van der Waals surface area contributed by atoms with Gasteiger partial charge in [0.05, 0.1) is 57.5 Å². The normalized spacial score (nSPS) is 25.2. The van der Waals surface area contributed by atoms with Crippen molar-refractivity contribution in [3.8, 4) is 35.0 Å². The predicted octanol–water partition coefficient (Wildman–Crippen LogP) is 5.73. The van der Waals surface area contributed by atoms with Crippen LogP contribution >= 0.6 is 22.9 Å². The summed E-state index contributed by atoms with van der Waals surface area (Å²) in [6, 6.07) is 6.21. The van der Waals surface area contributed by atoms with E-state index in [1.54, 1.807) is 0 Å². The molecule has 6 heterocycles. The number of morpholine rings is 1. The fourth-order valence-electron chi connectivity index (χ4n) is 7.60.